The van der Waals surface area contributed by atoms with Crippen LogP contribution in [-0.4, -0.2) is 59.8 Å². The second kappa shape index (κ2) is 9.45. The van der Waals surface area contributed by atoms with Gasteiger partial charge in [0.15, 0.2) is 12.3 Å². The molecule has 34 heavy (non-hydrogen) atoms. The van der Waals surface area contributed by atoms with Gasteiger partial charge < -0.3 is 24.4 Å². The molecule has 0 saturated carbocycles. The lowest BCUT2D eigenvalue weighted by Gasteiger charge is -2.14. The Morgan fingerprint density at radius 1 is 1.03 bits per heavy atom. The molecule has 12 heteroatoms. The van der Waals surface area contributed by atoms with Crippen LogP contribution in [0, 0.1) is 13.8 Å². The average Bonchev–Trinajstić information content (AvgIpc) is 3.44. The molecule has 0 aliphatic carbocycles. The van der Waals surface area contributed by atoms with E-state index in [1.807, 2.05) is 13.8 Å². The van der Waals surface area contributed by atoms with E-state index in [4.69, 9.17) is 14.2 Å². The normalized spacial score (nSPS) is 31.4. The summed E-state index contributed by atoms with van der Waals surface area (Å²) in [6, 6.07) is 0.226. The van der Waals surface area contributed by atoms with Crippen molar-refractivity contribution in [1.82, 2.24) is 19.1 Å². The molecule has 2 saturated heterocycles. The van der Waals surface area contributed by atoms with Crippen molar-refractivity contribution in [3.63, 3.8) is 0 Å². The Balaban J connectivity index is 0.000000161. The average molecular weight is 479 g/mol. The summed E-state index contributed by atoms with van der Waals surface area (Å²) in [6.45, 7) is 7.18. The van der Waals surface area contributed by atoms with Gasteiger partial charge in [0, 0.05) is 29.9 Å². The predicted molar refractivity (Wildman–Crippen MR) is 119 cm³/mol. The molecular formula is C22H30N4O8. The first-order valence-corrected chi connectivity index (χ1v) is 11.4. The van der Waals surface area contributed by atoms with Crippen LogP contribution in [0.25, 0.3) is 0 Å². The van der Waals surface area contributed by atoms with Crippen molar-refractivity contribution in [2.45, 2.75) is 89.9 Å². The molecule has 2 aromatic rings. The number of aliphatic hydroxyl groups is 2. The van der Waals surface area contributed by atoms with Gasteiger partial charge in [-0.2, -0.15) is 4.98 Å². The number of aryl methyl sites for hydroxylation is 2. The number of nitrogens with one attached hydrogen (secondary N) is 1. The summed E-state index contributed by atoms with van der Waals surface area (Å²) in [5, 5.41) is 19.7. The predicted octanol–water partition coefficient (Wildman–Crippen LogP) is -0.116. The number of rotatable bonds is 3. The molecule has 5 heterocycles. The quantitative estimate of drug-likeness (QED) is 0.547. The third kappa shape index (κ3) is 4.33. The highest BCUT2D eigenvalue weighted by molar-refractivity contribution is 5.15. The molecule has 7 atom stereocenters. The first-order chi connectivity index (χ1) is 16.1. The number of hydrogen-bond donors (Lipinski definition) is 3. The second-order valence-electron chi connectivity index (χ2n) is 8.78. The fraction of sp³-hybridized carbons (Fsp3) is 0.636. The van der Waals surface area contributed by atoms with Crippen molar-refractivity contribution in [2.24, 2.45) is 0 Å². The highest BCUT2D eigenvalue weighted by Gasteiger charge is 2.50. The molecule has 2 aromatic heterocycles. The SMILES string of the molecule is CC[C@H]1O[C@@H](n2cc(C)c(=O)[nH]c2=O)C[C@@H]1O.CC[C@H]1O[C@@H]2[C@@H](Oc3nc(=O)c(C)cn32)[C@@H]1O. The minimum absolute atomic E-state index is 0.224. The minimum Gasteiger partial charge on any atom is -0.453 e. The number of nitrogens with zero attached hydrogens (tertiary/aromatic N) is 3. The Morgan fingerprint density at radius 2 is 1.71 bits per heavy atom. The zero-order chi connectivity index (χ0) is 24.7. The summed E-state index contributed by atoms with van der Waals surface area (Å²) in [5.74, 6) is 0. The van der Waals surface area contributed by atoms with Crippen molar-refractivity contribution in [3.8, 4) is 6.01 Å². The van der Waals surface area contributed by atoms with Gasteiger partial charge in [-0.3, -0.25) is 23.7 Å². The second-order valence-corrected chi connectivity index (χ2v) is 8.78. The molecule has 0 amide bonds. The van der Waals surface area contributed by atoms with Crippen LogP contribution in [0.4, 0.5) is 0 Å². The van der Waals surface area contributed by atoms with E-state index in [1.165, 1.54) is 10.8 Å². The standard InChI is InChI=1S/C11H14N2O4.C11H16N2O4/c1-3-6-7(14)8-10(16-6)13-4-5(2)9(15)12-11(13)17-8;1-3-8-7(14)4-9(17-8)13-5-6(2)10(15)12-11(13)16/h4,6-8,10,14H,3H2,1-2H3;5,7-9,14H,3-4H2,1-2H3,(H,12,15,16)/t6-,7-,8+,10-;7-,8+,9+/m10/s1. The van der Waals surface area contributed by atoms with Crippen molar-refractivity contribution in [3.05, 3.63) is 54.7 Å². The molecule has 0 aromatic carbocycles. The number of hydrogen-bond acceptors (Lipinski definition) is 9. The van der Waals surface area contributed by atoms with Crippen LogP contribution in [0.2, 0.25) is 0 Å². The largest absolute Gasteiger partial charge is 0.453 e. The van der Waals surface area contributed by atoms with Crippen LogP contribution in [-0.2, 0) is 9.47 Å². The van der Waals surface area contributed by atoms with Gasteiger partial charge in [-0.1, -0.05) is 13.8 Å². The van der Waals surface area contributed by atoms with Crippen molar-refractivity contribution in [1.29, 1.82) is 0 Å². The summed E-state index contributed by atoms with van der Waals surface area (Å²) in [6.07, 6.45) is 1.85. The number of aromatic amines is 1. The minimum atomic E-state index is -0.679. The van der Waals surface area contributed by atoms with E-state index >= 15 is 0 Å². The van der Waals surface area contributed by atoms with E-state index in [2.05, 4.69) is 9.97 Å². The van der Waals surface area contributed by atoms with Crippen LogP contribution in [0.3, 0.4) is 0 Å². The molecule has 0 unspecified atom stereocenters. The summed E-state index contributed by atoms with van der Waals surface area (Å²) >= 11 is 0. The van der Waals surface area contributed by atoms with Gasteiger partial charge >= 0.3 is 11.7 Å². The van der Waals surface area contributed by atoms with Gasteiger partial charge in [0.2, 0.25) is 0 Å². The zero-order valence-electron chi connectivity index (χ0n) is 19.5. The van der Waals surface area contributed by atoms with Gasteiger partial charge in [-0.05, 0) is 26.7 Å². The summed E-state index contributed by atoms with van der Waals surface area (Å²) in [5.41, 5.74) is -0.220. The van der Waals surface area contributed by atoms with E-state index in [1.54, 1.807) is 24.6 Å². The van der Waals surface area contributed by atoms with Gasteiger partial charge in [0.1, 0.15) is 12.3 Å². The first kappa shape index (κ1) is 24.3. The number of aliphatic hydroxyl groups excluding tert-OH is 2. The summed E-state index contributed by atoms with van der Waals surface area (Å²) in [7, 11) is 0. The topological polar surface area (TPSA) is 158 Å². The number of fused-ring (bicyclic) bond motifs is 3. The van der Waals surface area contributed by atoms with Gasteiger partial charge in [0.25, 0.3) is 11.1 Å². The molecule has 3 aliphatic rings. The lowest BCUT2D eigenvalue weighted by Crippen LogP contribution is -2.33. The van der Waals surface area contributed by atoms with Gasteiger partial charge in [0.05, 0.1) is 18.3 Å². The maximum absolute atomic E-state index is 11.6. The number of H-pyrrole nitrogens is 1. The Hall–Kier alpha value is -2.80. The highest BCUT2D eigenvalue weighted by Crippen LogP contribution is 2.39. The Morgan fingerprint density at radius 3 is 2.35 bits per heavy atom. The molecular weight excluding hydrogens is 448 g/mol. The first-order valence-electron chi connectivity index (χ1n) is 11.4. The van der Waals surface area contributed by atoms with Crippen LogP contribution in [0.15, 0.2) is 26.8 Å². The van der Waals surface area contributed by atoms with Crippen molar-refractivity contribution in [2.75, 3.05) is 0 Å². The monoisotopic (exact) mass is 478 g/mol. The molecule has 0 radical (unpaired) electrons. The van der Waals surface area contributed by atoms with Crippen LogP contribution >= 0.6 is 0 Å². The van der Waals surface area contributed by atoms with E-state index in [0.717, 1.165) is 6.42 Å². The summed E-state index contributed by atoms with van der Waals surface area (Å²) in [4.78, 5) is 40.3. The van der Waals surface area contributed by atoms with E-state index in [9.17, 15) is 24.6 Å². The molecule has 3 N–H and O–H groups in total. The molecule has 0 spiro atoms. The van der Waals surface area contributed by atoms with E-state index < -0.39 is 35.8 Å². The van der Waals surface area contributed by atoms with Gasteiger partial charge in [-0.15, -0.1) is 0 Å². The zero-order valence-corrected chi connectivity index (χ0v) is 19.5. The Labute approximate surface area is 194 Å². The molecule has 3 aliphatic heterocycles. The van der Waals surface area contributed by atoms with Crippen LogP contribution < -0.4 is 21.5 Å². The summed E-state index contributed by atoms with van der Waals surface area (Å²) < 4.78 is 19.8. The molecule has 5 rings (SSSR count). The number of ether oxygens (including phenoxy) is 3. The van der Waals surface area contributed by atoms with Crippen molar-refractivity contribution < 1.29 is 24.4 Å². The third-order valence-electron chi connectivity index (χ3n) is 6.38. The molecule has 0 bridgehead atoms. The van der Waals surface area contributed by atoms with E-state index in [0.29, 0.717) is 24.0 Å². The molecule has 12 nitrogen and oxygen atoms in total. The van der Waals surface area contributed by atoms with E-state index in [-0.39, 0.29) is 30.0 Å². The fourth-order valence-corrected chi connectivity index (χ4v) is 4.40. The Bertz CT molecular complexity index is 1220. The molecule has 186 valence electrons. The lowest BCUT2D eigenvalue weighted by molar-refractivity contribution is -0.0218. The third-order valence-corrected chi connectivity index (χ3v) is 6.38. The van der Waals surface area contributed by atoms with Crippen LogP contribution in [0.1, 0.15) is 56.7 Å². The van der Waals surface area contributed by atoms with Crippen molar-refractivity contribution >= 4 is 0 Å². The maximum Gasteiger partial charge on any atom is 0.330 e. The maximum atomic E-state index is 11.6. The molecule has 2 fully saturated rings. The lowest BCUT2D eigenvalue weighted by atomic mass is 10.1. The fourth-order valence-electron chi connectivity index (χ4n) is 4.40. The highest BCUT2D eigenvalue weighted by atomic mass is 16.6. The number of aromatic nitrogens is 4. The van der Waals surface area contributed by atoms with Crippen LogP contribution in [0.5, 0.6) is 6.01 Å². The smallest absolute Gasteiger partial charge is 0.330 e. The Kier molecular flexibility index (Phi) is 6.76. The van der Waals surface area contributed by atoms with Gasteiger partial charge in [-0.25, -0.2) is 4.79 Å².